The maximum atomic E-state index is 13.0. The molecule has 2 aromatic heterocycles. The van der Waals surface area contributed by atoms with Crippen molar-refractivity contribution in [1.29, 1.82) is 0 Å². The van der Waals surface area contributed by atoms with Crippen molar-refractivity contribution in [3.8, 4) is 11.5 Å². The molecule has 7 heteroatoms. The Kier molecular flexibility index (Phi) is 5.03. The van der Waals surface area contributed by atoms with Gasteiger partial charge in [-0.3, -0.25) is 4.79 Å². The SMILES string of the molecule is COCCc1nc(-c2nc3ccccc3n(C)c2=O)n(C2CCCCC2)n1. The minimum atomic E-state index is -0.142. The first-order chi connectivity index (χ1) is 13.2. The number of ether oxygens (including phenoxy) is 1. The number of hydrogen-bond acceptors (Lipinski definition) is 5. The van der Waals surface area contributed by atoms with Gasteiger partial charge in [0.05, 0.1) is 23.7 Å². The molecule has 0 saturated heterocycles. The maximum Gasteiger partial charge on any atom is 0.280 e. The van der Waals surface area contributed by atoms with Gasteiger partial charge < -0.3 is 9.30 Å². The Hall–Kier alpha value is -2.54. The first-order valence-electron chi connectivity index (χ1n) is 9.59. The first kappa shape index (κ1) is 17.9. The van der Waals surface area contributed by atoms with Crippen LogP contribution in [-0.2, 0) is 18.2 Å². The Morgan fingerprint density at radius 2 is 1.93 bits per heavy atom. The monoisotopic (exact) mass is 367 g/mol. The lowest BCUT2D eigenvalue weighted by molar-refractivity contribution is 0.200. The molecule has 1 aliphatic carbocycles. The summed E-state index contributed by atoms with van der Waals surface area (Å²) >= 11 is 0. The molecule has 7 nitrogen and oxygen atoms in total. The van der Waals surface area contributed by atoms with E-state index in [9.17, 15) is 4.79 Å². The third-order valence-corrected chi connectivity index (χ3v) is 5.32. The van der Waals surface area contributed by atoms with E-state index in [1.54, 1.807) is 18.7 Å². The topological polar surface area (TPSA) is 74.8 Å². The Morgan fingerprint density at radius 1 is 1.15 bits per heavy atom. The summed E-state index contributed by atoms with van der Waals surface area (Å²) < 4.78 is 8.77. The van der Waals surface area contributed by atoms with Gasteiger partial charge >= 0.3 is 0 Å². The van der Waals surface area contributed by atoms with Crippen LogP contribution in [0.2, 0.25) is 0 Å². The van der Waals surface area contributed by atoms with Crippen molar-refractivity contribution in [3.05, 3.63) is 40.4 Å². The van der Waals surface area contributed by atoms with Crippen LogP contribution in [0.5, 0.6) is 0 Å². The van der Waals surface area contributed by atoms with Crippen molar-refractivity contribution in [2.75, 3.05) is 13.7 Å². The number of benzene rings is 1. The number of rotatable bonds is 5. The van der Waals surface area contributed by atoms with Gasteiger partial charge in [0.2, 0.25) is 0 Å². The zero-order chi connectivity index (χ0) is 18.8. The Labute approximate surface area is 158 Å². The van der Waals surface area contributed by atoms with Gasteiger partial charge in [0.25, 0.3) is 5.56 Å². The zero-order valence-corrected chi connectivity index (χ0v) is 15.9. The normalized spacial score (nSPS) is 15.5. The number of aromatic nitrogens is 5. The molecule has 1 aliphatic rings. The molecule has 0 N–H and O–H groups in total. The molecule has 3 aromatic rings. The zero-order valence-electron chi connectivity index (χ0n) is 15.9. The molecule has 4 rings (SSSR count). The van der Waals surface area contributed by atoms with Crippen molar-refractivity contribution in [3.63, 3.8) is 0 Å². The standard InChI is InChI=1S/C20H25N5O2/c1-24-16-11-7-6-10-15(16)21-18(20(24)26)19-22-17(12-13-27-2)23-25(19)14-8-4-3-5-9-14/h6-7,10-11,14H,3-5,8-9,12-13H2,1-2H3. The van der Waals surface area contributed by atoms with Gasteiger partial charge in [-0.15, -0.1) is 0 Å². The molecule has 1 aromatic carbocycles. The molecule has 1 fully saturated rings. The maximum absolute atomic E-state index is 13.0. The van der Waals surface area contributed by atoms with E-state index >= 15 is 0 Å². The predicted molar refractivity (Wildman–Crippen MR) is 104 cm³/mol. The second-order valence-corrected chi connectivity index (χ2v) is 7.14. The summed E-state index contributed by atoms with van der Waals surface area (Å²) in [6, 6.07) is 7.95. The van der Waals surface area contributed by atoms with E-state index in [-0.39, 0.29) is 11.6 Å². The molecule has 0 unspecified atom stereocenters. The molecule has 142 valence electrons. The number of fused-ring (bicyclic) bond motifs is 1. The summed E-state index contributed by atoms with van der Waals surface area (Å²) in [6.07, 6.45) is 6.37. The number of aryl methyl sites for hydroxylation is 1. The van der Waals surface area contributed by atoms with Gasteiger partial charge in [0.15, 0.2) is 17.3 Å². The summed E-state index contributed by atoms with van der Waals surface area (Å²) in [6.45, 7) is 0.553. The second-order valence-electron chi connectivity index (χ2n) is 7.14. The Morgan fingerprint density at radius 3 is 2.70 bits per heavy atom. The molecule has 0 atom stereocenters. The molecule has 0 amide bonds. The lowest BCUT2D eigenvalue weighted by Gasteiger charge is -2.23. The fraction of sp³-hybridized carbons (Fsp3) is 0.500. The van der Waals surface area contributed by atoms with Crippen LogP contribution in [0.3, 0.4) is 0 Å². The van der Waals surface area contributed by atoms with Crippen molar-refractivity contribution in [1.82, 2.24) is 24.3 Å². The largest absolute Gasteiger partial charge is 0.384 e. The van der Waals surface area contributed by atoms with Crippen LogP contribution in [0.4, 0.5) is 0 Å². The molecule has 0 aliphatic heterocycles. The average Bonchev–Trinajstić information content (AvgIpc) is 3.14. The van der Waals surface area contributed by atoms with Gasteiger partial charge in [-0.2, -0.15) is 5.10 Å². The summed E-state index contributed by atoms with van der Waals surface area (Å²) in [5, 5.41) is 4.74. The predicted octanol–water partition coefficient (Wildman–Crippen LogP) is 2.89. The number of nitrogens with zero attached hydrogens (tertiary/aromatic N) is 5. The lowest BCUT2D eigenvalue weighted by atomic mass is 9.95. The molecule has 27 heavy (non-hydrogen) atoms. The van der Waals surface area contributed by atoms with E-state index in [4.69, 9.17) is 14.8 Å². The van der Waals surface area contributed by atoms with Gasteiger partial charge in [-0.25, -0.2) is 14.6 Å². The highest BCUT2D eigenvalue weighted by atomic mass is 16.5. The quantitative estimate of drug-likeness (QED) is 0.693. The molecule has 1 saturated carbocycles. The molecular weight excluding hydrogens is 342 g/mol. The first-order valence-corrected chi connectivity index (χ1v) is 9.59. The van der Waals surface area contributed by atoms with E-state index in [2.05, 4.69) is 4.98 Å². The van der Waals surface area contributed by atoms with Gasteiger partial charge in [-0.1, -0.05) is 31.4 Å². The highest BCUT2D eigenvalue weighted by molar-refractivity contribution is 5.76. The van der Waals surface area contributed by atoms with Crippen molar-refractivity contribution >= 4 is 11.0 Å². The van der Waals surface area contributed by atoms with E-state index in [0.29, 0.717) is 30.4 Å². The smallest absolute Gasteiger partial charge is 0.280 e. The fourth-order valence-electron chi connectivity index (χ4n) is 3.83. The lowest BCUT2D eigenvalue weighted by Crippen LogP contribution is -2.24. The van der Waals surface area contributed by atoms with Crippen LogP contribution in [0.25, 0.3) is 22.6 Å². The summed E-state index contributed by atoms with van der Waals surface area (Å²) in [5.41, 5.74) is 1.83. The van der Waals surface area contributed by atoms with Crippen LogP contribution in [0.1, 0.15) is 44.0 Å². The summed E-state index contributed by atoms with van der Waals surface area (Å²) in [7, 11) is 3.45. The number of hydrogen-bond donors (Lipinski definition) is 0. The van der Waals surface area contributed by atoms with E-state index in [1.807, 2.05) is 28.9 Å². The fourth-order valence-corrected chi connectivity index (χ4v) is 3.83. The van der Waals surface area contributed by atoms with E-state index in [1.165, 1.54) is 19.3 Å². The van der Waals surface area contributed by atoms with Crippen LogP contribution in [0.15, 0.2) is 29.1 Å². The van der Waals surface area contributed by atoms with Gasteiger partial charge in [0, 0.05) is 20.6 Å². The van der Waals surface area contributed by atoms with Crippen LogP contribution < -0.4 is 5.56 Å². The van der Waals surface area contributed by atoms with Crippen LogP contribution >= 0.6 is 0 Å². The minimum absolute atomic E-state index is 0.142. The molecule has 0 bridgehead atoms. The number of para-hydroxylation sites is 2. The number of methoxy groups -OCH3 is 1. The minimum Gasteiger partial charge on any atom is -0.384 e. The molecule has 0 radical (unpaired) electrons. The Balaban J connectivity index is 1.87. The Bertz CT molecular complexity index is 1000. The van der Waals surface area contributed by atoms with Crippen LogP contribution in [-0.4, -0.2) is 38.0 Å². The highest BCUT2D eigenvalue weighted by Gasteiger charge is 2.25. The molecular formula is C20H25N5O2. The second kappa shape index (κ2) is 7.60. The molecule has 0 spiro atoms. The average molecular weight is 367 g/mol. The van der Waals surface area contributed by atoms with E-state index < -0.39 is 0 Å². The van der Waals surface area contributed by atoms with Crippen molar-refractivity contribution in [2.24, 2.45) is 7.05 Å². The molecule has 2 heterocycles. The summed E-state index contributed by atoms with van der Waals surface area (Å²) in [4.78, 5) is 22.4. The summed E-state index contributed by atoms with van der Waals surface area (Å²) in [5.74, 6) is 1.29. The van der Waals surface area contributed by atoms with Crippen molar-refractivity contribution < 1.29 is 4.74 Å². The van der Waals surface area contributed by atoms with Crippen LogP contribution in [0, 0.1) is 0 Å². The third-order valence-electron chi connectivity index (χ3n) is 5.32. The van der Waals surface area contributed by atoms with Gasteiger partial charge in [0.1, 0.15) is 0 Å². The van der Waals surface area contributed by atoms with Crippen molar-refractivity contribution in [2.45, 2.75) is 44.6 Å². The van der Waals surface area contributed by atoms with E-state index in [0.717, 1.165) is 23.9 Å². The highest BCUT2D eigenvalue weighted by Crippen LogP contribution is 2.30. The van der Waals surface area contributed by atoms with Gasteiger partial charge in [-0.05, 0) is 25.0 Å². The third kappa shape index (κ3) is 3.39.